The second-order valence-electron chi connectivity index (χ2n) is 4.68. The predicted molar refractivity (Wildman–Crippen MR) is 80.9 cm³/mol. The number of rotatable bonds is 8. The van der Waals surface area contributed by atoms with E-state index in [1.54, 1.807) is 13.0 Å². The average molecular weight is 294 g/mol. The Bertz CT molecular complexity index is 489. The second kappa shape index (κ2) is 8.97. The Hall–Kier alpha value is -2.08. The first-order chi connectivity index (χ1) is 10.0. The number of carboxylic acid groups (broad SMARTS) is 1. The van der Waals surface area contributed by atoms with Crippen molar-refractivity contribution in [3.63, 3.8) is 0 Å². The van der Waals surface area contributed by atoms with E-state index >= 15 is 0 Å². The standard InChI is InChI=1S/C15H22N2O4/c1-3-8-21-9-4-7-16-15(20)17-13-10-12(14(18)19)6-5-11(13)2/h5-6,10H,3-4,7-9H2,1-2H3,(H,18,19)(H2,16,17,20). The van der Waals surface area contributed by atoms with Gasteiger partial charge in [-0.25, -0.2) is 9.59 Å². The number of carbonyl (C=O) groups excluding carboxylic acids is 1. The van der Waals surface area contributed by atoms with Gasteiger partial charge >= 0.3 is 12.0 Å². The van der Waals surface area contributed by atoms with Crippen LogP contribution in [0.5, 0.6) is 0 Å². The number of carbonyl (C=O) groups is 2. The summed E-state index contributed by atoms with van der Waals surface area (Å²) in [4.78, 5) is 22.6. The summed E-state index contributed by atoms with van der Waals surface area (Å²) in [5.74, 6) is -1.02. The van der Waals surface area contributed by atoms with Crippen molar-refractivity contribution in [2.75, 3.05) is 25.1 Å². The number of urea groups is 1. The Balaban J connectivity index is 2.40. The van der Waals surface area contributed by atoms with Gasteiger partial charge in [0, 0.05) is 25.4 Å². The number of amides is 2. The number of benzene rings is 1. The largest absolute Gasteiger partial charge is 0.478 e. The fourth-order valence-corrected chi connectivity index (χ4v) is 1.68. The van der Waals surface area contributed by atoms with Crippen LogP contribution in [0.1, 0.15) is 35.7 Å². The second-order valence-corrected chi connectivity index (χ2v) is 4.68. The third-order valence-electron chi connectivity index (χ3n) is 2.83. The number of hydrogen-bond acceptors (Lipinski definition) is 3. The molecule has 21 heavy (non-hydrogen) atoms. The lowest BCUT2D eigenvalue weighted by molar-refractivity contribution is 0.0697. The lowest BCUT2D eigenvalue weighted by Gasteiger charge is -2.10. The zero-order chi connectivity index (χ0) is 15.7. The van der Waals surface area contributed by atoms with Gasteiger partial charge in [0.05, 0.1) is 5.56 Å². The van der Waals surface area contributed by atoms with E-state index < -0.39 is 5.97 Å². The number of aromatic carboxylic acids is 1. The minimum Gasteiger partial charge on any atom is -0.478 e. The Morgan fingerprint density at radius 3 is 2.71 bits per heavy atom. The van der Waals surface area contributed by atoms with Gasteiger partial charge in [0.1, 0.15) is 0 Å². The highest BCUT2D eigenvalue weighted by atomic mass is 16.5. The molecule has 0 unspecified atom stereocenters. The van der Waals surface area contributed by atoms with Crippen molar-refractivity contribution in [1.82, 2.24) is 5.32 Å². The molecule has 0 atom stereocenters. The summed E-state index contributed by atoms with van der Waals surface area (Å²) >= 11 is 0. The minimum atomic E-state index is -1.02. The van der Waals surface area contributed by atoms with Crippen molar-refractivity contribution in [2.45, 2.75) is 26.7 Å². The first kappa shape index (κ1) is 17.0. The van der Waals surface area contributed by atoms with Crippen LogP contribution in [0.3, 0.4) is 0 Å². The van der Waals surface area contributed by atoms with Gasteiger partial charge in [-0.3, -0.25) is 0 Å². The van der Waals surface area contributed by atoms with Gasteiger partial charge in [0.25, 0.3) is 0 Å². The fourth-order valence-electron chi connectivity index (χ4n) is 1.68. The van der Waals surface area contributed by atoms with E-state index in [9.17, 15) is 9.59 Å². The van der Waals surface area contributed by atoms with Crippen LogP contribution >= 0.6 is 0 Å². The summed E-state index contributed by atoms with van der Waals surface area (Å²) in [5, 5.41) is 14.3. The van der Waals surface area contributed by atoms with Gasteiger partial charge in [-0.1, -0.05) is 13.0 Å². The molecule has 2 amide bonds. The Morgan fingerprint density at radius 2 is 2.05 bits per heavy atom. The molecule has 0 aromatic heterocycles. The van der Waals surface area contributed by atoms with E-state index in [1.807, 2.05) is 6.92 Å². The molecule has 116 valence electrons. The van der Waals surface area contributed by atoms with Crippen LogP contribution in [0.4, 0.5) is 10.5 Å². The SMILES string of the molecule is CCCOCCCNC(=O)Nc1cc(C(=O)O)ccc1C. The Morgan fingerprint density at radius 1 is 1.29 bits per heavy atom. The number of nitrogens with one attached hydrogen (secondary N) is 2. The van der Waals surface area contributed by atoms with Gasteiger partial charge < -0.3 is 20.5 Å². The zero-order valence-corrected chi connectivity index (χ0v) is 12.4. The maximum atomic E-state index is 11.7. The summed E-state index contributed by atoms with van der Waals surface area (Å²) < 4.78 is 5.31. The first-order valence-corrected chi connectivity index (χ1v) is 7.01. The zero-order valence-electron chi connectivity index (χ0n) is 12.4. The van der Waals surface area contributed by atoms with E-state index in [0.717, 1.165) is 25.0 Å². The van der Waals surface area contributed by atoms with Crippen LogP contribution < -0.4 is 10.6 Å². The molecule has 1 aromatic carbocycles. The van der Waals surface area contributed by atoms with Gasteiger partial charge in [-0.15, -0.1) is 0 Å². The number of anilines is 1. The molecule has 1 rings (SSSR count). The fraction of sp³-hybridized carbons (Fsp3) is 0.467. The van der Waals surface area contributed by atoms with E-state index in [4.69, 9.17) is 9.84 Å². The molecular formula is C15H22N2O4. The molecule has 0 bridgehead atoms. The van der Waals surface area contributed by atoms with Gasteiger partial charge in [-0.2, -0.15) is 0 Å². The maximum Gasteiger partial charge on any atom is 0.335 e. The van der Waals surface area contributed by atoms with E-state index in [-0.39, 0.29) is 11.6 Å². The highest BCUT2D eigenvalue weighted by Gasteiger charge is 2.08. The van der Waals surface area contributed by atoms with Crippen LogP contribution in [0, 0.1) is 6.92 Å². The number of hydrogen-bond donors (Lipinski definition) is 3. The van der Waals surface area contributed by atoms with Crippen molar-refractivity contribution in [3.05, 3.63) is 29.3 Å². The lowest BCUT2D eigenvalue weighted by Crippen LogP contribution is -2.30. The monoisotopic (exact) mass is 294 g/mol. The van der Waals surface area contributed by atoms with Crippen molar-refractivity contribution in [2.24, 2.45) is 0 Å². The molecule has 1 aromatic rings. The van der Waals surface area contributed by atoms with Gasteiger partial charge in [0.2, 0.25) is 0 Å². The molecule has 0 saturated heterocycles. The number of aryl methyl sites for hydroxylation is 1. The molecule has 0 aliphatic carbocycles. The molecule has 0 spiro atoms. The van der Waals surface area contributed by atoms with E-state index in [1.165, 1.54) is 12.1 Å². The van der Waals surface area contributed by atoms with Crippen LogP contribution in [0.2, 0.25) is 0 Å². The highest BCUT2D eigenvalue weighted by Crippen LogP contribution is 2.16. The van der Waals surface area contributed by atoms with Crippen molar-refractivity contribution < 1.29 is 19.4 Å². The minimum absolute atomic E-state index is 0.142. The highest BCUT2D eigenvalue weighted by molar-refractivity contribution is 5.93. The molecule has 3 N–H and O–H groups in total. The van der Waals surface area contributed by atoms with Gasteiger partial charge in [0.15, 0.2) is 0 Å². The number of ether oxygens (including phenoxy) is 1. The van der Waals surface area contributed by atoms with Crippen molar-refractivity contribution in [1.29, 1.82) is 0 Å². The topological polar surface area (TPSA) is 87.7 Å². The summed E-state index contributed by atoms with van der Waals surface area (Å²) in [5.41, 5.74) is 1.44. The molecule has 0 aliphatic rings. The molecule has 6 heteroatoms. The van der Waals surface area contributed by atoms with Crippen molar-refractivity contribution in [3.8, 4) is 0 Å². The van der Waals surface area contributed by atoms with Crippen LogP contribution in [0.25, 0.3) is 0 Å². The van der Waals surface area contributed by atoms with E-state index in [0.29, 0.717) is 18.8 Å². The normalized spacial score (nSPS) is 10.2. The summed E-state index contributed by atoms with van der Waals surface area (Å²) in [6.07, 6.45) is 1.72. The summed E-state index contributed by atoms with van der Waals surface area (Å²) in [6.45, 7) is 5.70. The molecule has 0 aliphatic heterocycles. The van der Waals surface area contributed by atoms with Crippen LogP contribution in [0.15, 0.2) is 18.2 Å². The van der Waals surface area contributed by atoms with E-state index in [2.05, 4.69) is 10.6 Å². The van der Waals surface area contributed by atoms with Crippen molar-refractivity contribution >= 4 is 17.7 Å². The average Bonchev–Trinajstić information content (AvgIpc) is 2.44. The Labute approximate surface area is 124 Å². The molecule has 0 heterocycles. The molecule has 0 fully saturated rings. The number of carboxylic acids is 1. The lowest BCUT2D eigenvalue weighted by atomic mass is 10.1. The van der Waals surface area contributed by atoms with Crippen LogP contribution in [-0.2, 0) is 4.74 Å². The molecular weight excluding hydrogens is 272 g/mol. The molecule has 6 nitrogen and oxygen atoms in total. The summed E-state index contributed by atoms with van der Waals surface area (Å²) in [6, 6.07) is 4.27. The third kappa shape index (κ3) is 6.27. The smallest absolute Gasteiger partial charge is 0.335 e. The van der Waals surface area contributed by atoms with Gasteiger partial charge in [-0.05, 0) is 37.5 Å². The third-order valence-corrected chi connectivity index (χ3v) is 2.83. The molecule has 0 radical (unpaired) electrons. The quantitative estimate of drug-likeness (QED) is 0.643. The summed E-state index contributed by atoms with van der Waals surface area (Å²) in [7, 11) is 0. The maximum absolute atomic E-state index is 11.7. The molecule has 0 saturated carbocycles. The van der Waals surface area contributed by atoms with Crippen LogP contribution in [-0.4, -0.2) is 36.9 Å². The predicted octanol–water partition coefficient (Wildman–Crippen LogP) is 2.63. The first-order valence-electron chi connectivity index (χ1n) is 7.01. The Kier molecular flexibility index (Phi) is 7.25.